The maximum absolute atomic E-state index is 6.01. The molecule has 4 N–H and O–H groups in total. The summed E-state index contributed by atoms with van der Waals surface area (Å²) in [6.45, 7) is 0. The van der Waals surface area contributed by atoms with E-state index in [2.05, 4.69) is 6.07 Å². The van der Waals surface area contributed by atoms with Gasteiger partial charge in [0.05, 0.1) is 0 Å². The molecule has 0 bridgehead atoms. The van der Waals surface area contributed by atoms with E-state index in [-0.39, 0.29) is 6.04 Å². The van der Waals surface area contributed by atoms with E-state index in [1.54, 1.807) is 0 Å². The van der Waals surface area contributed by atoms with Crippen LogP contribution < -0.4 is 11.5 Å². The lowest BCUT2D eigenvalue weighted by Gasteiger charge is -2.10. The van der Waals surface area contributed by atoms with E-state index in [9.17, 15) is 0 Å². The van der Waals surface area contributed by atoms with E-state index in [4.69, 9.17) is 11.5 Å². The third kappa shape index (κ3) is 1.43. The Morgan fingerprint density at radius 3 is 2.67 bits per heavy atom. The van der Waals surface area contributed by atoms with Gasteiger partial charge in [-0.05, 0) is 36.5 Å². The number of nitrogens with two attached hydrogens (primary N) is 2. The third-order valence-corrected chi connectivity index (χ3v) is 2.43. The quantitative estimate of drug-likeness (QED) is 0.650. The molecule has 1 fully saturated rings. The molecule has 0 saturated heterocycles. The minimum Gasteiger partial charge on any atom is -0.399 e. The van der Waals surface area contributed by atoms with E-state index in [1.807, 2.05) is 18.2 Å². The molecular weight excluding hydrogens is 148 g/mol. The molecule has 1 aromatic rings. The van der Waals surface area contributed by atoms with E-state index >= 15 is 0 Å². The molecule has 12 heavy (non-hydrogen) atoms. The van der Waals surface area contributed by atoms with Crippen LogP contribution in [0.5, 0.6) is 0 Å². The van der Waals surface area contributed by atoms with Gasteiger partial charge >= 0.3 is 0 Å². The predicted octanol–water partition coefficient (Wildman–Crippen LogP) is 1.68. The highest BCUT2D eigenvalue weighted by Gasteiger charge is 2.29. The Kier molecular flexibility index (Phi) is 1.77. The van der Waals surface area contributed by atoms with Crippen LogP contribution in [0.1, 0.15) is 24.4 Å². The number of hydrogen-bond donors (Lipinski definition) is 2. The smallest absolute Gasteiger partial charge is 0.0324 e. The zero-order chi connectivity index (χ0) is 8.55. The van der Waals surface area contributed by atoms with Gasteiger partial charge in [0.25, 0.3) is 0 Å². The molecule has 2 nitrogen and oxygen atoms in total. The van der Waals surface area contributed by atoms with E-state index in [0.717, 1.165) is 5.69 Å². The summed E-state index contributed by atoms with van der Waals surface area (Å²) < 4.78 is 0. The summed E-state index contributed by atoms with van der Waals surface area (Å²) in [7, 11) is 0. The summed E-state index contributed by atoms with van der Waals surface area (Å²) in [6, 6.07) is 8.09. The maximum atomic E-state index is 6.01. The first-order chi connectivity index (χ1) is 5.77. The zero-order valence-corrected chi connectivity index (χ0v) is 7.03. The first-order valence-corrected chi connectivity index (χ1v) is 4.38. The van der Waals surface area contributed by atoms with Crippen LogP contribution in [-0.4, -0.2) is 0 Å². The molecule has 0 amide bonds. The Morgan fingerprint density at radius 1 is 1.33 bits per heavy atom. The van der Waals surface area contributed by atoms with Crippen molar-refractivity contribution in [2.45, 2.75) is 18.9 Å². The molecule has 2 heteroatoms. The lowest BCUT2D eigenvalue weighted by atomic mass is 10.0. The predicted molar refractivity (Wildman–Crippen MR) is 50.5 cm³/mol. The Balaban J connectivity index is 2.20. The van der Waals surface area contributed by atoms with Gasteiger partial charge in [0.15, 0.2) is 0 Å². The molecule has 0 aromatic heterocycles. The maximum Gasteiger partial charge on any atom is 0.0324 e. The third-order valence-electron chi connectivity index (χ3n) is 2.43. The molecule has 1 saturated carbocycles. The number of nitrogen functional groups attached to an aromatic ring is 1. The van der Waals surface area contributed by atoms with Crippen molar-refractivity contribution in [1.29, 1.82) is 0 Å². The minimum absolute atomic E-state index is 0.202. The Hall–Kier alpha value is -1.02. The largest absolute Gasteiger partial charge is 0.399 e. The summed E-state index contributed by atoms with van der Waals surface area (Å²) in [6.07, 6.45) is 2.55. The van der Waals surface area contributed by atoms with Crippen molar-refractivity contribution < 1.29 is 0 Å². The van der Waals surface area contributed by atoms with Gasteiger partial charge in [-0.2, -0.15) is 0 Å². The fourth-order valence-electron chi connectivity index (χ4n) is 1.49. The van der Waals surface area contributed by atoms with Gasteiger partial charge in [0.2, 0.25) is 0 Å². The summed E-state index contributed by atoms with van der Waals surface area (Å²) in [5.41, 5.74) is 13.7. The lowest BCUT2D eigenvalue weighted by Crippen LogP contribution is -2.12. The van der Waals surface area contributed by atoms with E-state index < -0.39 is 0 Å². The Bertz CT molecular complexity index is 279. The highest BCUT2D eigenvalue weighted by Crippen LogP contribution is 2.39. The molecular formula is C10H14N2. The normalized spacial score (nSPS) is 19.1. The van der Waals surface area contributed by atoms with Crippen LogP contribution >= 0.6 is 0 Å². The van der Waals surface area contributed by atoms with Crippen LogP contribution in [0, 0.1) is 5.92 Å². The lowest BCUT2D eigenvalue weighted by molar-refractivity contribution is 0.634. The molecule has 0 heterocycles. The van der Waals surface area contributed by atoms with Crippen LogP contribution in [0.4, 0.5) is 5.69 Å². The second-order valence-corrected chi connectivity index (χ2v) is 3.53. The summed E-state index contributed by atoms with van der Waals surface area (Å²) in [4.78, 5) is 0. The Morgan fingerprint density at radius 2 is 2.08 bits per heavy atom. The molecule has 2 rings (SSSR count). The number of anilines is 1. The fraction of sp³-hybridized carbons (Fsp3) is 0.400. The standard InChI is InChI=1S/C10H14N2/c11-9-3-1-2-8(6-9)10(12)7-4-5-7/h1-3,6-7,10H,4-5,11-12H2. The molecule has 0 aliphatic heterocycles. The van der Waals surface area contributed by atoms with Crippen molar-refractivity contribution in [3.8, 4) is 0 Å². The van der Waals surface area contributed by atoms with Crippen LogP contribution in [0.3, 0.4) is 0 Å². The van der Waals surface area contributed by atoms with Crippen molar-refractivity contribution in [2.24, 2.45) is 11.7 Å². The molecule has 1 aromatic carbocycles. The van der Waals surface area contributed by atoms with Crippen LogP contribution in [0.25, 0.3) is 0 Å². The van der Waals surface area contributed by atoms with Gasteiger partial charge in [0, 0.05) is 11.7 Å². The first-order valence-electron chi connectivity index (χ1n) is 4.38. The fourth-order valence-corrected chi connectivity index (χ4v) is 1.49. The van der Waals surface area contributed by atoms with Gasteiger partial charge < -0.3 is 11.5 Å². The van der Waals surface area contributed by atoms with Gasteiger partial charge in [-0.15, -0.1) is 0 Å². The molecule has 1 unspecified atom stereocenters. The molecule has 1 aliphatic rings. The van der Waals surface area contributed by atoms with Crippen molar-refractivity contribution >= 4 is 5.69 Å². The molecule has 0 radical (unpaired) electrons. The molecule has 64 valence electrons. The van der Waals surface area contributed by atoms with Gasteiger partial charge in [-0.1, -0.05) is 12.1 Å². The zero-order valence-electron chi connectivity index (χ0n) is 7.03. The molecule has 1 atom stereocenters. The van der Waals surface area contributed by atoms with Gasteiger partial charge in [-0.25, -0.2) is 0 Å². The van der Waals surface area contributed by atoms with Crippen molar-refractivity contribution in [3.63, 3.8) is 0 Å². The molecule has 0 spiro atoms. The second-order valence-electron chi connectivity index (χ2n) is 3.53. The van der Waals surface area contributed by atoms with Crippen molar-refractivity contribution in [3.05, 3.63) is 29.8 Å². The Labute approximate surface area is 72.6 Å². The average Bonchev–Trinajstić information content (AvgIpc) is 2.85. The van der Waals surface area contributed by atoms with Crippen LogP contribution in [0.15, 0.2) is 24.3 Å². The summed E-state index contributed by atoms with van der Waals surface area (Å²) in [5.74, 6) is 0.701. The SMILES string of the molecule is Nc1cccc(C(N)C2CC2)c1. The van der Waals surface area contributed by atoms with Crippen molar-refractivity contribution in [2.75, 3.05) is 5.73 Å². The van der Waals surface area contributed by atoms with Crippen LogP contribution in [0.2, 0.25) is 0 Å². The average molecular weight is 162 g/mol. The first kappa shape index (κ1) is 7.62. The van der Waals surface area contributed by atoms with Crippen LogP contribution in [-0.2, 0) is 0 Å². The highest BCUT2D eigenvalue weighted by molar-refractivity contribution is 5.41. The topological polar surface area (TPSA) is 52.0 Å². The summed E-state index contributed by atoms with van der Waals surface area (Å²) >= 11 is 0. The number of hydrogen-bond acceptors (Lipinski definition) is 2. The number of rotatable bonds is 2. The van der Waals surface area contributed by atoms with E-state index in [1.165, 1.54) is 18.4 Å². The van der Waals surface area contributed by atoms with E-state index in [0.29, 0.717) is 5.92 Å². The minimum atomic E-state index is 0.202. The molecule has 1 aliphatic carbocycles. The van der Waals surface area contributed by atoms with Gasteiger partial charge in [-0.3, -0.25) is 0 Å². The number of benzene rings is 1. The summed E-state index contributed by atoms with van der Waals surface area (Å²) in [5, 5.41) is 0. The highest BCUT2D eigenvalue weighted by atomic mass is 14.7. The second kappa shape index (κ2) is 2.79. The van der Waals surface area contributed by atoms with Gasteiger partial charge in [0.1, 0.15) is 0 Å². The van der Waals surface area contributed by atoms with Crippen molar-refractivity contribution in [1.82, 2.24) is 0 Å². The monoisotopic (exact) mass is 162 g/mol.